The monoisotopic (exact) mass is 320 g/mol. The maximum absolute atomic E-state index is 13.8. The van der Waals surface area contributed by atoms with E-state index in [1.54, 1.807) is 12.1 Å². The number of nitrogens with zero attached hydrogens (tertiary/aromatic N) is 4. The predicted octanol–water partition coefficient (Wildman–Crippen LogP) is 3.90. The van der Waals surface area contributed by atoms with Crippen LogP contribution in [0.1, 0.15) is 43.6 Å². The van der Waals surface area contributed by atoms with Crippen molar-refractivity contribution in [3.05, 3.63) is 65.2 Å². The molecule has 1 aliphatic rings. The second-order valence-corrected chi connectivity index (χ2v) is 6.69. The third-order valence-electron chi connectivity index (χ3n) is 4.77. The highest BCUT2D eigenvalue weighted by Crippen LogP contribution is 2.38. The summed E-state index contributed by atoms with van der Waals surface area (Å²) in [7, 11) is 0. The molecule has 0 saturated heterocycles. The number of aromatic nitrogens is 3. The number of aliphatic imine (C=N–C) groups is 1. The molecule has 1 aromatic heterocycles. The van der Waals surface area contributed by atoms with E-state index < -0.39 is 0 Å². The van der Waals surface area contributed by atoms with Gasteiger partial charge < -0.3 is 0 Å². The van der Waals surface area contributed by atoms with Crippen LogP contribution in [0.5, 0.6) is 0 Å². The van der Waals surface area contributed by atoms with Crippen molar-refractivity contribution in [2.45, 2.75) is 32.2 Å². The van der Waals surface area contributed by atoms with Gasteiger partial charge in [-0.3, -0.25) is 4.99 Å². The lowest BCUT2D eigenvalue weighted by Crippen LogP contribution is -2.33. The van der Waals surface area contributed by atoms with E-state index in [0.29, 0.717) is 11.5 Å². The van der Waals surface area contributed by atoms with E-state index in [1.807, 2.05) is 38.1 Å². The molecule has 1 aliphatic heterocycles. The molecule has 120 valence electrons. The number of rotatable bonds is 1. The van der Waals surface area contributed by atoms with Crippen LogP contribution >= 0.6 is 0 Å². The topological polar surface area (TPSA) is 51.0 Å². The molecule has 1 unspecified atom stereocenters. The summed E-state index contributed by atoms with van der Waals surface area (Å²) in [5.74, 6) is 0.331. The summed E-state index contributed by atoms with van der Waals surface area (Å²) in [5, 5.41) is 8.50. The lowest BCUT2D eigenvalue weighted by atomic mass is 9.77. The molecular weight excluding hydrogens is 303 g/mol. The van der Waals surface area contributed by atoms with Gasteiger partial charge in [0.15, 0.2) is 0 Å². The van der Waals surface area contributed by atoms with Crippen LogP contribution < -0.4 is 0 Å². The maximum atomic E-state index is 13.8. The third-order valence-corrected chi connectivity index (χ3v) is 4.77. The van der Waals surface area contributed by atoms with E-state index in [9.17, 15) is 4.39 Å². The molecule has 0 fully saturated rings. The van der Waals surface area contributed by atoms with Gasteiger partial charge in [0.1, 0.15) is 17.0 Å². The summed E-state index contributed by atoms with van der Waals surface area (Å²) in [6, 6.07) is 12.4. The Morgan fingerprint density at radius 1 is 1.00 bits per heavy atom. The summed E-state index contributed by atoms with van der Waals surface area (Å²) in [5.41, 5.74) is 3.62. The molecule has 2 aromatic carbocycles. The van der Waals surface area contributed by atoms with Gasteiger partial charge >= 0.3 is 0 Å². The number of hydrogen-bond acceptors (Lipinski definition) is 4. The van der Waals surface area contributed by atoms with E-state index in [-0.39, 0.29) is 17.3 Å². The molecule has 3 aromatic rings. The summed E-state index contributed by atoms with van der Waals surface area (Å²) < 4.78 is 13.8. The van der Waals surface area contributed by atoms with Crippen molar-refractivity contribution in [1.29, 1.82) is 0 Å². The summed E-state index contributed by atoms with van der Waals surface area (Å²) >= 11 is 0. The average Bonchev–Trinajstić information content (AvgIpc) is 2.58. The van der Waals surface area contributed by atoms with Crippen LogP contribution in [0, 0.1) is 5.82 Å². The van der Waals surface area contributed by atoms with Crippen LogP contribution in [-0.4, -0.2) is 26.4 Å². The van der Waals surface area contributed by atoms with Crippen molar-refractivity contribution in [3.63, 3.8) is 0 Å². The fourth-order valence-electron chi connectivity index (χ4n) is 3.08. The largest absolute Gasteiger partial charge is 0.274 e. The molecule has 0 amide bonds. The highest BCUT2D eigenvalue weighted by Gasteiger charge is 2.35. The van der Waals surface area contributed by atoms with E-state index in [4.69, 9.17) is 4.99 Å². The summed E-state index contributed by atoms with van der Waals surface area (Å²) in [6.45, 7) is 6.15. The molecule has 2 heterocycles. The smallest absolute Gasteiger partial charge is 0.201 e. The molecule has 5 heteroatoms. The normalized spacial score (nSPS) is 19.0. The SMILES string of the molecule is CC1c2cc(F)ccc2C(c2nnc3ccccc3n2)=NC1(C)C. The Kier molecular flexibility index (Phi) is 3.20. The zero-order valence-electron chi connectivity index (χ0n) is 13.8. The Balaban J connectivity index is 1.95. The van der Waals surface area contributed by atoms with Gasteiger partial charge in [0, 0.05) is 11.5 Å². The highest BCUT2D eigenvalue weighted by atomic mass is 19.1. The van der Waals surface area contributed by atoms with E-state index >= 15 is 0 Å². The third kappa shape index (κ3) is 2.28. The van der Waals surface area contributed by atoms with Crippen LogP contribution in [0.15, 0.2) is 47.5 Å². The Morgan fingerprint density at radius 3 is 2.54 bits per heavy atom. The van der Waals surface area contributed by atoms with Gasteiger partial charge in [-0.2, -0.15) is 0 Å². The Hall–Kier alpha value is -2.69. The standard InChI is InChI=1S/C19H17FN4/c1-11-14-10-12(20)8-9-13(14)17(22-19(11,2)3)18-21-15-6-4-5-7-16(15)23-24-18/h4-11H,1-3H3. The van der Waals surface area contributed by atoms with Crippen LogP contribution in [0.2, 0.25) is 0 Å². The van der Waals surface area contributed by atoms with Crippen molar-refractivity contribution in [2.75, 3.05) is 0 Å². The molecular formula is C19H17FN4. The number of para-hydroxylation sites is 1. The molecule has 0 bridgehead atoms. The van der Waals surface area contributed by atoms with Crippen LogP contribution in [-0.2, 0) is 0 Å². The molecule has 1 atom stereocenters. The van der Waals surface area contributed by atoms with E-state index in [0.717, 1.165) is 22.2 Å². The van der Waals surface area contributed by atoms with Gasteiger partial charge in [0.2, 0.25) is 5.82 Å². The quantitative estimate of drug-likeness (QED) is 0.683. The Labute approximate surface area is 139 Å². The molecule has 0 spiro atoms. The average molecular weight is 320 g/mol. The van der Waals surface area contributed by atoms with Crippen molar-refractivity contribution >= 4 is 16.7 Å². The van der Waals surface area contributed by atoms with Gasteiger partial charge in [0.25, 0.3) is 0 Å². The first-order chi connectivity index (χ1) is 11.5. The van der Waals surface area contributed by atoms with E-state index in [2.05, 4.69) is 22.1 Å². The van der Waals surface area contributed by atoms with Gasteiger partial charge in [-0.15, -0.1) is 10.2 Å². The number of benzene rings is 2. The number of fused-ring (bicyclic) bond motifs is 2. The fourth-order valence-corrected chi connectivity index (χ4v) is 3.08. The lowest BCUT2D eigenvalue weighted by Gasteiger charge is -2.35. The summed E-state index contributed by atoms with van der Waals surface area (Å²) in [6.07, 6.45) is 0. The van der Waals surface area contributed by atoms with Crippen molar-refractivity contribution < 1.29 is 4.39 Å². The van der Waals surface area contributed by atoms with Crippen LogP contribution in [0.4, 0.5) is 4.39 Å². The van der Waals surface area contributed by atoms with Gasteiger partial charge in [0.05, 0.1) is 11.1 Å². The minimum Gasteiger partial charge on any atom is -0.274 e. The first kappa shape index (κ1) is 14.9. The van der Waals surface area contributed by atoms with Crippen LogP contribution in [0.25, 0.3) is 11.0 Å². The minimum absolute atomic E-state index is 0.0976. The predicted molar refractivity (Wildman–Crippen MR) is 91.9 cm³/mol. The maximum Gasteiger partial charge on any atom is 0.201 e. The zero-order chi connectivity index (χ0) is 16.9. The van der Waals surface area contributed by atoms with Gasteiger partial charge in [-0.05, 0) is 49.7 Å². The van der Waals surface area contributed by atoms with Crippen molar-refractivity contribution in [1.82, 2.24) is 15.2 Å². The summed E-state index contributed by atoms with van der Waals surface area (Å²) in [4.78, 5) is 9.49. The first-order valence-corrected chi connectivity index (χ1v) is 7.95. The van der Waals surface area contributed by atoms with Crippen LogP contribution in [0.3, 0.4) is 0 Å². The van der Waals surface area contributed by atoms with Gasteiger partial charge in [-0.1, -0.05) is 19.1 Å². The molecule has 0 aliphatic carbocycles. The zero-order valence-corrected chi connectivity index (χ0v) is 13.8. The number of hydrogen-bond donors (Lipinski definition) is 0. The second kappa shape index (κ2) is 5.16. The highest BCUT2D eigenvalue weighted by molar-refractivity contribution is 6.12. The Morgan fingerprint density at radius 2 is 1.75 bits per heavy atom. The van der Waals surface area contributed by atoms with Gasteiger partial charge in [-0.25, -0.2) is 9.37 Å². The lowest BCUT2D eigenvalue weighted by molar-refractivity contribution is 0.430. The molecule has 0 radical (unpaired) electrons. The van der Waals surface area contributed by atoms with E-state index in [1.165, 1.54) is 6.07 Å². The van der Waals surface area contributed by atoms with Crippen molar-refractivity contribution in [2.24, 2.45) is 4.99 Å². The second-order valence-electron chi connectivity index (χ2n) is 6.69. The Bertz CT molecular complexity index is 978. The molecule has 0 saturated carbocycles. The fraction of sp³-hybridized carbons (Fsp3) is 0.263. The first-order valence-electron chi connectivity index (χ1n) is 7.95. The molecule has 4 nitrogen and oxygen atoms in total. The molecule has 24 heavy (non-hydrogen) atoms. The molecule has 4 rings (SSSR count). The molecule has 0 N–H and O–H groups in total. The van der Waals surface area contributed by atoms with Crippen molar-refractivity contribution in [3.8, 4) is 0 Å². The number of halogens is 1. The minimum atomic E-state index is -0.370.